The molecule has 0 aromatic heterocycles. The van der Waals surface area contributed by atoms with Crippen LogP contribution in [0.3, 0.4) is 0 Å². The van der Waals surface area contributed by atoms with Crippen LogP contribution >= 0.6 is 15.9 Å². The Morgan fingerprint density at radius 1 is 1.28 bits per heavy atom. The third kappa shape index (κ3) is 4.88. The summed E-state index contributed by atoms with van der Waals surface area (Å²) in [7, 11) is 2.11. The maximum atomic E-state index is 12.0. The molecule has 5 nitrogen and oxygen atoms in total. The van der Waals surface area contributed by atoms with Crippen molar-refractivity contribution in [3.05, 3.63) is 63.6 Å². The largest absolute Gasteiger partial charge is 0.484 e. The first-order valence-corrected chi connectivity index (χ1v) is 10.3. The molecule has 0 spiro atoms. The number of nitrogens with zero attached hydrogens (tertiary/aromatic N) is 2. The zero-order valence-corrected chi connectivity index (χ0v) is 19.0. The Morgan fingerprint density at radius 3 is 2.76 bits per heavy atom. The lowest BCUT2D eigenvalue weighted by Crippen LogP contribution is -2.42. The molecule has 1 amide bonds. The fourth-order valence-corrected chi connectivity index (χ4v) is 3.75. The molecule has 1 aliphatic heterocycles. The third-order valence-corrected chi connectivity index (χ3v) is 5.66. The number of carbonyl (C=O) groups excluding carboxylic acids is 1. The Hall–Kier alpha value is -2.60. The highest BCUT2D eigenvalue weighted by atomic mass is 79.9. The number of nitrogens with one attached hydrogen (secondary N) is 1. The molecule has 2 aromatic carbocycles. The van der Waals surface area contributed by atoms with E-state index in [1.807, 2.05) is 19.1 Å². The van der Waals surface area contributed by atoms with Crippen molar-refractivity contribution in [1.29, 1.82) is 0 Å². The first kappa shape index (κ1) is 21.1. The van der Waals surface area contributed by atoms with E-state index >= 15 is 0 Å². The maximum absolute atomic E-state index is 12.0. The van der Waals surface area contributed by atoms with Crippen molar-refractivity contribution in [1.82, 2.24) is 5.43 Å². The van der Waals surface area contributed by atoms with Crippen LogP contribution in [0, 0.1) is 6.92 Å². The summed E-state index contributed by atoms with van der Waals surface area (Å²) in [5.74, 6) is 0.313. The van der Waals surface area contributed by atoms with Crippen LogP contribution in [-0.4, -0.2) is 31.3 Å². The second-order valence-corrected chi connectivity index (χ2v) is 8.72. The van der Waals surface area contributed by atoms with Crippen molar-refractivity contribution in [3.8, 4) is 5.75 Å². The minimum atomic E-state index is -0.311. The molecule has 2 aromatic rings. The van der Waals surface area contributed by atoms with E-state index in [-0.39, 0.29) is 18.1 Å². The van der Waals surface area contributed by atoms with Crippen molar-refractivity contribution in [2.24, 2.45) is 5.10 Å². The van der Waals surface area contributed by atoms with Gasteiger partial charge in [0.25, 0.3) is 5.91 Å². The normalized spacial score (nSPS) is 15.1. The second-order valence-electron chi connectivity index (χ2n) is 7.81. The predicted molar refractivity (Wildman–Crippen MR) is 123 cm³/mol. The number of benzene rings is 2. The Labute approximate surface area is 180 Å². The number of amides is 1. The van der Waals surface area contributed by atoms with E-state index in [0.29, 0.717) is 5.75 Å². The Kier molecular flexibility index (Phi) is 6.13. The summed E-state index contributed by atoms with van der Waals surface area (Å²) >= 11 is 3.37. The molecular formula is C23H26BrN3O2. The number of halogens is 1. The van der Waals surface area contributed by atoms with Crippen LogP contribution in [0.4, 0.5) is 5.69 Å². The SMILES string of the molecule is CC1=CC(C)(C)N(C)c2cc(C)c(/C=N\NC(=O)COc3cccc(Br)c3)cc21. The molecule has 0 saturated carbocycles. The van der Waals surface area contributed by atoms with E-state index in [9.17, 15) is 4.79 Å². The van der Waals surface area contributed by atoms with Crippen LogP contribution in [-0.2, 0) is 4.79 Å². The Bertz CT molecular complexity index is 996. The molecule has 0 radical (unpaired) electrons. The lowest BCUT2D eigenvalue weighted by Gasteiger charge is -2.41. The minimum Gasteiger partial charge on any atom is -0.484 e. The van der Waals surface area contributed by atoms with Gasteiger partial charge in [0.2, 0.25) is 0 Å². The quantitative estimate of drug-likeness (QED) is 0.514. The molecule has 6 heteroatoms. The maximum Gasteiger partial charge on any atom is 0.277 e. The number of likely N-dealkylation sites (N-methyl/N-ethyl adjacent to an activating group) is 1. The van der Waals surface area contributed by atoms with Crippen molar-refractivity contribution in [2.75, 3.05) is 18.6 Å². The van der Waals surface area contributed by atoms with E-state index in [1.165, 1.54) is 16.8 Å². The van der Waals surface area contributed by atoms with Crippen LogP contribution in [0.1, 0.15) is 37.5 Å². The van der Waals surface area contributed by atoms with E-state index < -0.39 is 0 Å². The van der Waals surface area contributed by atoms with Crippen LogP contribution < -0.4 is 15.1 Å². The molecular weight excluding hydrogens is 430 g/mol. The Balaban J connectivity index is 1.67. The van der Waals surface area contributed by atoms with Crippen LogP contribution in [0.15, 0.2) is 52.0 Å². The zero-order valence-electron chi connectivity index (χ0n) is 17.4. The number of fused-ring (bicyclic) bond motifs is 1. The van der Waals surface area contributed by atoms with Gasteiger partial charge >= 0.3 is 0 Å². The minimum absolute atomic E-state index is 0.0263. The fraction of sp³-hybridized carbons (Fsp3) is 0.304. The van der Waals surface area contributed by atoms with Crippen LogP contribution in [0.2, 0.25) is 0 Å². The fourth-order valence-electron chi connectivity index (χ4n) is 3.37. The first-order valence-electron chi connectivity index (χ1n) is 9.46. The van der Waals surface area contributed by atoms with Crippen molar-refractivity contribution in [3.63, 3.8) is 0 Å². The molecule has 1 N–H and O–H groups in total. The Morgan fingerprint density at radius 2 is 2.03 bits per heavy atom. The molecule has 0 saturated heterocycles. The highest BCUT2D eigenvalue weighted by molar-refractivity contribution is 9.10. The molecule has 1 heterocycles. The lowest BCUT2D eigenvalue weighted by molar-refractivity contribution is -0.123. The number of hydrazone groups is 1. The highest BCUT2D eigenvalue weighted by Crippen LogP contribution is 2.38. The average Bonchev–Trinajstić information content (AvgIpc) is 2.65. The van der Waals surface area contributed by atoms with Gasteiger partial charge in [0, 0.05) is 22.8 Å². The molecule has 152 valence electrons. The van der Waals surface area contributed by atoms with Gasteiger partial charge in [-0.2, -0.15) is 5.10 Å². The standard InChI is InChI=1S/C23H26BrN3O2/c1-15-9-21-20(16(2)12-23(3,4)27(21)5)10-17(15)13-25-26-22(28)14-29-19-8-6-7-18(24)11-19/h6-13H,14H2,1-5H3,(H,26,28)/b25-13-. The number of ether oxygens (including phenoxy) is 1. The summed E-state index contributed by atoms with van der Waals surface area (Å²) in [6.45, 7) is 8.49. The number of aryl methyl sites for hydroxylation is 1. The molecule has 0 bridgehead atoms. The van der Waals surface area contributed by atoms with E-state index in [0.717, 1.165) is 15.6 Å². The lowest BCUT2D eigenvalue weighted by atomic mass is 9.87. The number of rotatable bonds is 5. The number of carbonyl (C=O) groups is 1. The number of allylic oxidation sites excluding steroid dienone is 1. The highest BCUT2D eigenvalue weighted by Gasteiger charge is 2.28. The summed E-state index contributed by atoms with van der Waals surface area (Å²) in [4.78, 5) is 14.3. The molecule has 0 atom stereocenters. The smallest absolute Gasteiger partial charge is 0.277 e. The number of hydrogen-bond donors (Lipinski definition) is 1. The average molecular weight is 456 g/mol. The van der Waals surface area contributed by atoms with Crippen molar-refractivity contribution < 1.29 is 9.53 Å². The molecule has 0 unspecified atom stereocenters. The van der Waals surface area contributed by atoms with Gasteiger partial charge in [-0.25, -0.2) is 5.43 Å². The molecule has 29 heavy (non-hydrogen) atoms. The molecule has 0 fully saturated rings. The van der Waals surface area contributed by atoms with E-state index in [4.69, 9.17) is 4.74 Å². The van der Waals surface area contributed by atoms with Crippen molar-refractivity contribution in [2.45, 2.75) is 33.2 Å². The summed E-state index contributed by atoms with van der Waals surface area (Å²) in [6.07, 6.45) is 3.95. The molecule has 0 aliphatic carbocycles. The van der Waals surface area contributed by atoms with Crippen LogP contribution in [0.5, 0.6) is 5.75 Å². The van der Waals surface area contributed by atoms with Gasteiger partial charge in [-0.15, -0.1) is 0 Å². The zero-order chi connectivity index (χ0) is 21.2. The van der Waals surface area contributed by atoms with E-state index in [1.54, 1.807) is 18.3 Å². The van der Waals surface area contributed by atoms with Gasteiger partial charge in [-0.3, -0.25) is 4.79 Å². The van der Waals surface area contributed by atoms with E-state index in [2.05, 4.69) is 77.4 Å². The topological polar surface area (TPSA) is 53.9 Å². The van der Waals surface area contributed by atoms with Gasteiger partial charge in [0.1, 0.15) is 5.75 Å². The monoisotopic (exact) mass is 455 g/mol. The number of hydrogen-bond acceptors (Lipinski definition) is 4. The summed E-state index contributed by atoms with van der Waals surface area (Å²) < 4.78 is 6.36. The molecule has 1 aliphatic rings. The summed E-state index contributed by atoms with van der Waals surface area (Å²) in [5.41, 5.74) is 8.20. The van der Waals surface area contributed by atoms with Crippen molar-refractivity contribution >= 4 is 39.3 Å². The van der Waals surface area contributed by atoms with Gasteiger partial charge in [0.15, 0.2) is 6.61 Å². The predicted octanol–water partition coefficient (Wildman–Crippen LogP) is 4.92. The first-order chi connectivity index (χ1) is 13.7. The van der Waals surface area contributed by atoms with Gasteiger partial charge in [-0.05, 0) is 74.7 Å². The summed E-state index contributed by atoms with van der Waals surface area (Å²) in [5, 5.41) is 4.11. The van der Waals surface area contributed by atoms with Gasteiger partial charge in [-0.1, -0.05) is 28.1 Å². The van der Waals surface area contributed by atoms with Gasteiger partial charge in [0.05, 0.1) is 11.8 Å². The second kappa shape index (κ2) is 8.41. The van der Waals surface area contributed by atoms with Crippen LogP contribution in [0.25, 0.3) is 5.57 Å². The molecule has 3 rings (SSSR count). The number of anilines is 1. The third-order valence-electron chi connectivity index (χ3n) is 5.16. The van der Waals surface area contributed by atoms with Gasteiger partial charge < -0.3 is 9.64 Å². The summed E-state index contributed by atoms with van der Waals surface area (Å²) in [6, 6.07) is 11.6.